The van der Waals surface area contributed by atoms with Crippen LogP contribution in [0.1, 0.15) is 12.0 Å². The molecule has 0 aliphatic heterocycles. The highest BCUT2D eigenvalue weighted by Crippen LogP contribution is 2.08. The fourth-order valence-corrected chi connectivity index (χ4v) is 1.60. The van der Waals surface area contributed by atoms with E-state index in [9.17, 15) is 4.79 Å². The van der Waals surface area contributed by atoms with Crippen molar-refractivity contribution < 1.29 is 14.6 Å². The highest BCUT2D eigenvalue weighted by Gasteiger charge is 2.01. The van der Waals surface area contributed by atoms with Gasteiger partial charge in [0.15, 0.2) is 0 Å². The number of anilines is 1. The highest BCUT2D eigenvalue weighted by molar-refractivity contribution is 5.92. The lowest BCUT2D eigenvalue weighted by Gasteiger charge is -2.07. The predicted octanol–water partition coefficient (Wildman–Crippen LogP) is 0.922. The molecule has 0 saturated heterocycles. The van der Waals surface area contributed by atoms with E-state index in [1.165, 1.54) is 0 Å². The van der Waals surface area contributed by atoms with E-state index >= 15 is 0 Å². The molecule has 3 N–H and O–H groups in total. The molecule has 0 heterocycles. The van der Waals surface area contributed by atoms with Crippen LogP contribution in [0.5, 0.6) is 0 Å². The number of aliphatic hydroxyl groups excluding tert-OH is 1. The fraction of sp³-hybridized carbons (Fsp3) is 0.500. The van der Waals surface area contributed by atoms with Crippen molar-refractivity contribution in [1.29, 1.82) is 0 Å². The average molecular weight is 266 g/mol. The van der Waals surface area contributed by atoms with E-state index < -0.39 is 0 Å². The molecule has 0 aliphatic rings. The van der Waals surface area contributed by atoms with Crippen LogP contribution in [-0.4, -0.2) is 43.9 Å². The summed E-state index contributed by atoms with van der Waals surface area (Å²) in [5, 5.41) is 14.4. The summed E-state index contributed by atoms with van der Waals surface area (Å²) in [5.41, 5.74) is 1.94. The van der Waals surface area contributed by atoms with Crippen molar-refractivity contribution in [2.45, 2.75) is 13.3 Å². The molecule has 0 fully saturated rings. The van der Waals surface area contributed by atoms with Gasteiger partial charge in [0.05, 0.1) is 19.8 Å². The lowest BCUT2D eigenvalue weighted by molar-refractivity contribution is -0.115. The number of nitrogens with one attached hydrogen (secondary N) is 2. The van der Waals surface area contributed by atoms with Crippen molar-refractivity contribution >= 4 is 11.6 Å². The lowest BCUT2D eigenvalue weighted by Crippen LogP contribution is -2.29. The van der Waals surface area contributed by atoms with Crippen LogP contribution >= 0.6 is 0 Å². The second kappa shape index (κ2) is 9.49. The zero-order chi connectivity index (χ0) is 13.9. The van der Waals surface area contributed by atoms with Gasteiger partial charge in [-0.3, -0.25) is 4.79 Å². The number of hydrogen-bond acceptors (Lipinski definition) is 4. The molecule has 0 radical (unpaired) electrons. The quantitative estimate of drug-likeness (QED) is 0.581. The first-order chi connectivity index (χ1) is 9.22. The van der Waals surface area contributed by atoms with Gasteiger partial charge in [0, 0.05) is 12.3 Å². The van der Waals surface area contributed by atoms with Crippen molar-refractivity contribution in [3.63, 3.8) is 0 Å². The van der Waals surface area contributed by atoms with Crippen molar-refractivity contribution in [1.82, 2.24) is 5.32 Å². The van der Waals surface area contributed by atoms with Crippen LogP contribution in [0.25, 0.3) is 0 Å². The van der Waals surface area contributed by atoms with Gasteiger partial charge in [-0.1, -0.05) is 12.1 Å². The summed E-state index contributed by atoms with van der Waals surface area (Å²) >= 11 is 0. The Hall–Kier alpha value is -1.43. The smallest absolute Gasteiger partial charge is 0.238 e. The third kappa shape index (κ3) is 7.56. The van der Waals surface area contributed by atoms with Crippen molar-refractivity contribution in [2.24, 2.45) is 0 Å². The maximum Gasteiger partial charge on any atom is 0.238 e. The molecular weight excluding hydrogens is 244 g/mol. The Bertz CT molecular complexity index is 383. The second-order valence-electron chi connectivity index (χ2n) is 4.28. The topological polar surface area (TPSA) is 70.6 Å². The van der Waals surface area contributed by atoms with Gasteiger partial charge in [0.25, 0.3) is 0 Å². The van der Waals surface area contributed by atoms with Gasteiger partial charge in [-0.15, -0.1) is 0 Å². The monoisotopic (exact) mass is 266 g/mol. The maximum atomic E-state index is 11.6. The zero-order valence-electron chi connectivity index (χ0n) is 11.3. The molecule has 1 aromatic rings. The summed E-state index contributed by atoms with van der Waals surface area (Å²) in [7, 11) is 0. The van der Waals surface area contributed by atoms with Crippen LogP contribution in [0, 0.1) is 6.92 Å². The number of rotatable bonds is 9. The molecule has 0 aromatic heterocycles. The minimum atomic E-state index is -0.0538. The third-order valence-electron chi connectivity index (χ3n) is 2.47. The van der Waals surface area contributed by atoms with Gasteiger partial charge < -0.3 is 20.5 Å². The van der Waals surface area contributed by atoms with Gasteiger partial charge in [-0.05, 0) is 37.6 Å². The van der Waals surface area contributed by atoms with E-state index in [-0.39, 0.29) is 19.1 Å². The molecular formula is C14H22N2O3. The first kappa shape index (κ1) is 15.6. The molecule has 1 aromatic carbocycles. The predicted molar refractivity (Wildman–Crippen MR) is 75.2 cm³/mol. The van der Waals surface area contributed by atoms with Gasteiger partial charge in [0.1, 0.15) is 0 Å². The normalized spacial score (nSPS) is 10.4. The first-order valence-electron chi connectivity index (χ1n) is 6.48. The molecule has 0 saturated carbocycles. The summed E-state index contributed by atoms with van der Waals surface area (Å²) in [6.45, 7) is 3.99. The minimum absolute atomic E-state index is 0.0479. The lowest BCUT2D eigenvalue weighted by atomic mass is 10.2. The molecule has 5 nitrogen and oxygen atoms in total. The van der Waals surface area contributed by atoms with E-state index in [0.717, 1.165) is 17.7 Å². The molecule has 0 unspecified atom stereocenters. The van der Waals surface area contributed by atoms with E-state index in [1.807, 2.05) is 31.2 Å². The molecule has 0 atom stereocenters. The molecule has 19 heavy (non-hydrogen) atoms. The highest BCUT2D eigenvalue weighted by atomic mass is 16.5. The van der Waals surface area contributed by atoms with Crippen LogP contribution in [0.15, 0.2) is 24.3 Å². The zero-order valence-corrected chi connectivity index (χ0v) is 11.3. The Kier molecular flexibility index (Phi) is 7.81. The molecule has 5 heteroatoms. The van der Waals surface area contributed by atoms with Crippen LogP contribution < -0.4 is 10.6 Å². The number of amides is 1. The molecule has 106 valence electrons. The summed E-state index contributed by atoms with van der Waals surface area (Å²) in [4.78, 5) is 11.6. The first-order valence-corrected chi connectivity index (χ1v) is 6.48. The Morgan fingerprint density at radius 3 is 2.95 bits per heavy atom. The van der Waals surface area contributed by atoms with E-state index in [2.05, 4.69) is 10.6 Å². The number of ether oxygens (including phenoxy) is 1. The van der Waals surface area contributed by atoms with Gasteiger partial charge in [0.2, 0.25) is 5.91 Å². The van der Waals surface area contributed by atoms with Crippen LogP contribution in [0.4, 0.5) is 5.69 Å². The Labute approximate surface area is 114 Å². The largest absolute Gasteiger partial charge is 0.394 e. The maximum absolute atomic E-state index is 11.6. The molecule has 1 amide bonds. The van der Waals surface area contributed by atoms with Crippen molar-refractivity contribution in [3.05, 3.63) is 29.8 Å². The summed E-state index contributed by atoms with van der Waals surface area (Å²) < 4.78 is 5.11. The molecule has 0 spiro atoms. The SMILES string of the molecule is Cc1cccc(NC(=O)CNCCCOCCO)c1. The van der Waals surface area contributed by atoms with Crippen LogP contribution in [-0.2, 0) is 9.53 Å². The number of carbonyl (C=O) groups is 1. The van der Waals surface area contributed by atoms with E-state index in [4.69, 9.17) is 9.84 Å². The number of carbonyl (C=O) groups excluding carboxylic acids is 1. The summed E-state index contributed by atoms with van der Waals surface area (Å²) in [6.07, 6.45) is 0.817. The summed E-state index contributed by atoms with van der Waals surface area (Å²) in [6, 6.07) is 7.70. The fourth-order valence-electron chi connectivity index (χ4n) is 1.60. The average Bonchev–Trinajstić information content (AvgIpc) is 2.37. The molecule has 1 rings (SSSR count). The standard InChI is InChI=1S/C14H22N2O3/c1-12-4-2-5-13(10-12)16-14(18)11-15-6-3-8-19-9-7-17/h2,4-5,10,15,17H,3,6-9,11H2,1H3,(H,16,18). The van der Waals surface area contributed by atoms with Crippen molar-refractivity contribution in [3.8, 4) is 0 Å². The Balaban J connectivity index is 2.08. The van der Waals surface area contributed by atoms with Crippen molar-refractivity contribution in [2.75, 3.05) is 38.2 Å². The summed E-state index contributed by atoms with van der Waals surface area (Å²) in [5.74, 6) is -0.0538. The third-order valence-corrected chi connectivity index (χ3v) is 2.47. The molecule has 0 bridgehead atoms. The number of aryl methyl sites for hydroxylation is 1. The minimum Gasteiger partial charge on any atom is -0.394 e. The van der Waals surface area contributed by atoms with Crippen LogP contribution in [0.3, 0.4) is 0 Å². The second-order valence-corrected chi connectivity index (χ2v) is 4.28. The molecule has 0 aliphatic carbocycles. The number of aliphatic hydroxyl groups is 1. The number of hydrogen-bond donors (Lipinski definition) is 3. The van der Waals surface area contributed by atoms with Gasteiger partial charge in [-0.25, -0.2) is 0 Å². The number of benzene rings is 1. The van der Waals surface area contributed by atoms with Gasteiger partial charge in [-0.2, -0.15) is 0 Å². The van der Waals surface area contributed by atoms with Gasteiger partial charge >= 0.3 is 0 Å². The van der Waals surface area contributed by atoms with Crippen LogP contribution in [0.2, 0.25) is 0 Å². The Morgan fingerprint density at radius 1 is 1.37 bits per heavy atom. The van der Waals surface area contributed by atoms with E-state index in [1.54, 1.807) is 0 Å². The Morgan fingerprint density at radius 2 is 2.21 bits per heavy atom. The van der Waals surface area contributed by atoms with E-state index in [0.29, 0.717) is 19.8 Å².